The summed E-state index contributed by atoms with van der Waals surface area (Å²) in [4.78, 5) is 33.4. The fraction of sp³-hybridized carbons (Fsp3) is 0.308. The number of hydrogen-bond donors (Lipinski definition) is 3. The Kier molecular flexibility index (Phi) is 3.50. The number of nitrogens with one attached hydrogen (secondary N) is 2. The van der Waals surface area contributed by atoms with E-state index in [4.69, 9.17) is 5.11 Å². The molecule has 1 aliphatic rings. The van der Waals surface area contributed by atoms with Crippen molar-refractivity contribution in [1.29, 1.82) is 0 Å². The first-order valence-electron chi connectivity index (χ1n) is 5.89. The summed E-state index contributed by atoms with van der Waals surface area (Å²) >= 11 is 0. The molecule has 1 unspecified atom stereocenters. The molecule has 0 saturated carbocycles. The maximum absolute atomic E-state index is 11.6. The Morgan fingerprint density at radius 1 is 1.47 bits per heavy atom. The zero-order valence-corrected chi connectivity index (χ0v) is 10.4. The van der Waals surface area contributed by atoms with Crippen LogP contribution in [0.25, 0.3) is 0 Å². The van der Waals surface area contributed by atoms with Gasteiger partial charge in [-0.15, -0.1) is 0 Å². The molecule has 1 heterocycles. The Balaban J connectivity index is 2.01. The van der Waals surface area contributed by atoms with Crippen molar-refractivity contribution in [3.8, 4) is 0 Å². The summed E-state index contributed by atoms with van der Waals surface area (Å²) in [5, 5.41) is 13.8. The van der Waals surface area contributed by atoms with Crippen LogP contribution < -0.4 is 10.6 Å². The van der Waals surface area contributed by atoms with Crippen LogP contribution in [0, 0.1) is 0 Å². The fourth-order valence-corrected chi connectivity index (χ4v) is 1.93. The number of amides is 2. The van der Waals surface area contributed by atoms with Crippen LogP contribution in [0.5, 0.6) is 0 Å². The third kappa shape index (κ3) is 3.09. The molecule has 0 saturated heterocycles. The van der Waals surface area contributed by atoms with E-state index in [1.807, 2.05) is 0 Å². The number of carbonyl (C=O) groups is 3. The highest BCUT2D eigenvalue weighted by atomic mass is 16.4. The molecule has 1 atom stereocenters. The van der Waals surface area contributed by atoms with Gasteiger partial charge in [0.05, 0.1) is 12.8 Å². The van der Waals surface area contributed by atoms with Gasteiger partial charge in [-0.25, -0.2) is 0 Å². The number of rotatable bonds is 4. The topological polar surface area (TPSA) is 95.5 Å². The van der Waals surface area contributed by atoms with Crippen molar-refractivity contribution >= 4 is 23.5 Å². The Bertz CT molecular complexity index is 554. The number of anilines is 1. The lowest BCUT2D eigenvalue weighted by Gasteiger charge is -2.09. The zero-order valence-electron chi connectivity index (χ0n) is 10.4. The van der Waals surface area contributed by atoms with Gasteiger partial charge in [0.1, 0.15) is 6.04 Å². The first-order valence-corrected chi connectivity index (χ1v) is 5.89. The molecule has 2 amide bonds. The number of carboxylic acids is 1. The predicted molar refractivity (Wildman–Crippen MR) is 67.7 cm³/mol. The van der Waals surface area contributed by atoms with E-state index in [0.29, 0.717) is 6.42 Å². The van der Waals surface area contributed by atoms with Crippen molar-refractivity contribution in [2.75, 3.05) is 5.32 Å². The first kappa shape index (κ1) is 13.1. The van der Waals surface area contributed by atoms with Gasteiger partial charge in [-0.3, -0.25) is 14.4 Å². The van der Waals surface area contributed by atoms with E-state index in [2.05, 4.69) is 10.6 Å². The van der Waals surface area contributed by atoms with E-state index < -0.39 is 12.0 Å². The van der Waals surface area contributed by atoms with Crippen LogP contribution in [0.3, 0.4) is 0 Å². The molecule has 1 aliphatic heterocycles. The van der Waals surface area contributed by atoms with Gasteiger partial charge in [-0.05, 0) is 24.1 Å². The standard InChI is InChI=1S/C13H14N2O4/c1-7(13(18)19)14-11(16)5-8-2-3-10-9(4-8)6-12(17)15-10/h2-4,7H,5-6H2,1H3,(H,14,16)(H,15,17)(H,18,19). The van der Waals surface area contributed by atoms with Gasteiger partial charge in [-0.1, -0.05) is 12.1 Å². The molecule has 1 aromatic rings. The lowest BCUT2D eigenvalue weighted by atomic mass is 10.1. The van der Waals surface area contributed by atoms with Crippen LogP contribution >= 0.6 is 0 Å². The highest BCUT2D eigenvalue weighted by molar-refractivity contribution is 5.99. The van der Waals surface area contributed by atoms with Gasteiger partial charge < -0.3 is 15.7 Å². The smallest absolute Gasteiger partial charge is 0.325 e. The fourth-order valence-electron chi connectivity index (χ4n) is 1.93. The second kappa shape index (κ2) is 5.09. The van der Waals surface area contributed by atoms with Crippen molar-refractivity contribution in [1.82, 2.24) is 5.32 Å². The summed E-state index contributed by atoms with van der Waals surface area (Å²) in [6.45, 7) is 1.41. The van der Waals surface area contributed by atoms with E-state index in [9.17, 15) is 14.4 Å². The minimum absolute atomic E-state index is 0.0592. The SMILES string of the molecule is CC(NC(=O)Cc1ccc2c(c1)CC(=O)N2)C(=O)O. The average Bonchev–Trinajstić information content (AvgIpc) is 2.68. The highest BCUT2D eigenvalue weighted by Gasteiger charge is 2.19. The molecule has 0 radical (unpaired) electrons. The first-order chi connectivity index (χ1) is 8.95. The number of hydrogen-bond acceptors (Lipinski definition) is 3. The summed E-state index contributed by atoms with van der Waals surface area (Å²) in [5.41, 5.74) is 2.39. The Labute approximate surface area is 109 Å². The molecule has 1 aromatic carbocycles. The molecule has 6 heteroatoms. The van der Waals surface area contributed by atoms with Gasteiger partial charge in [0.15, 0.2) is 0 Å². The average molecular weight is 262 g/mol. The molecule has 0 aliphatic carbocycles. The molecular weight excluding hydrogens is 248 g/mol. The van der Waals surface area contributed by atoms with Crippen molar-refractivity contribution in [2.24, 2.45) is 0 Å². The quantitative estimate of drug-likeness (QED) is 0.727. The monoisotopic (exact) mass is 262 g/mol. The molecule has 0 bridgehead atoms. The van der Waals surface area contributed by atoms with Crippen LogP contribution in [-0.4, -0.2) is 28.9 Å². The summed E-state index contributed by atoms with van der Waals surface area (Å²) in [6.07, 6.45) is 0.412. The number of aliphatic carboxylic acids is 1. The molecule has 0 fully saturated rings. The normalized spacial score (nSPS) is 14.5. The molecule has 100 valence electrons. The summed E-state index contributed by atoms with van der Waals surface area (Å²) in [5.74, 6) is -1.49. The Morgan fingerprint density at radius 3 is 2.89 bits per heavy atom. The molecule has 0 spiro atoms. The summed E-state index contributed by atoms with van der Waals surface area (Å²) < 4.78 is 0. The number of benzene rings is 1. The number of carbonyl (C=O) groups excluding carboxylic acids is 2. The molecule has 19 heavy (non-hydrogen) atoms. The van der Waals surface area contributed by atoms with Gasteiger partial charge >= 0.3 is 5.97 Å². The summed E-state index contributed by atoms with van der Waals surface area (Å²) in [7, 11) is 0. The van der Waals surface area contributed by atoms with Crippen molar-refractivity contribution in [3.05, 3.63) is 29.3 Å². The van der Waals surface area contributed by atoms with Crippen LogP contribution in [-0.2, 0) is 27.2 Å². The number of fused-ring (bicyclic) bond motifs is 1. The summed E-state index contributed by atoms with van der Waals surface area (Å²) in [6, 6.07) is 4.38. The van der Waals surface area contributed by atoms with E-state index >= 15 is 0 Å². The Morgan fingerprint density at radius 2 is 2.21 bits per heavy atom. The molecule has 0 aromatic heterocycles. The second-order valence-electron chi connectivity index (χ2n) is 4.52. The molecule has 6 nitrogen and oxygen atoms in total. The lowest BCUT2D eigenvalue weighted by Crippen LogP contribution is -2.39. The lowest BCUT2D eigenvalue weighted by molar-refractivity contribution is -0.141. The van der Waals surface area contributed by atoms with Crippen molar-refractivity contribution in [2.45, 2.75) is 25.8 Å². The minimum Gasteiger partial charge on any atom is -0.480 e. The maximum Gasteiger partial charge on any atom is 0.325 e. The third-order valence-electron chi connectivity index (χ3n) is 2.91. The van der Waals surface area contributed by atoms with Crippen LogP contribution in [0.2, 0.25) is 0 Å². The van der Waals surface area contributed by atoms with Crippen LogP contribution in [0.4, 0.5) is 5.69 Å². The van der Waals surface area contributed by atoms with Crippen LogP contribution in [0.15, 0.2) is 18.2 Å². The van der Waals surface area contributed by atoms with Gasteiger partial charge in [0.2, 0.25) is 11.8 Å². The van der Waals surface area contributed by atoms with Crippen molar-refractivity contribution in [3.63, 3.8) is 0 Å². The Hall–Kier alpha value is -2.37. The maximum atomic E-state index is 11.6. The van der Waals surface area contributed by atoms with Crippen LogP contribution in [0.1, 0.15) is 18.1 Å². The molecular formula is C13H14N2O4. The molecule has 3 N–H and O–H groups in total. The minimum atomic E-state index is -1.07. The van der Waals surface area contributed by atoms with Gasteiger partial charge in [0, 0.05) is 5.69 Å². The number of carboxylic acid groups (broad SMARTS) is 1. The second-order valence-corrected chi connectivity index (χ2v) is 4.52. The highest BCUT2D eigenvalue weighted by Crippen LogP contribution is 2.23. The zero-order chi connectivity index (χ0) is 14.0. The van der Waals surface area contributed by atoms with E-state index in [1.165, 1.54) is 6.92 Å². The van der Waals surface area contributed by atoms with Crippen molar-refractivity contribution < 1.29 is 19.5 Å². The van der Waals surface area contributed by atoms with Gasteiger partial charge in [0.25, 0.3) is 0 Å². The largest absolute Gasteiger partial charge is 0.480 e. The van der Waals surface area contributed by atoms with E-state index in [-0.39, 0.29) is 18.2 Å². The van der Waals surface area contributed by atoms with Gasteiger partial charge in [-0.2, -0.15) is 0 Å². The molecule has 2 rings (SSSR count). The third-order valence-corrected chi connectivity index (χ3v) is 2.91. The van der Waals surface area contributed by atoms with E-state index in [1.54, 1.807) is 18.2 Å². The predicted octanol–water partition coefficient (Wildman–Crippen LogP) is 0.313. The van der Waals surface area contributed by atoms with E-state index in [0.717, 1.165) is 16.8 Å².